The van der Waals surface area contributed by atoms with Gasteiger partial charge in [-0.25, -0.2) is 0 Å². The lowest BCUT2D eigenvalue weighted by Gasteiger charge is -2.27. The number of phenols is 1. The number of carboxylic acid groups (broad SMARTS) is 1. The molecule has 1 fully saturated rings. The normalized spacial score (nSPS) is 28.2. The van der Waals surface area contributed by atoms with Crippen LogP contribution in [-0.2, 0) is 16.0 Å². The lowest BCUT2D eigenvalue weighted by atomic mass is 9.76. The summed E-state index contributed by atoms with van der Waals surface area (Å²) < 4.78 is 5.40. The summed E-state index contributed by atoms with van der Waals surface area (Å²) in [4.78, 5) is 11.5. The van der Waals surface area contributed by atoms with Crippen LogP contribution < -0.4 is 0 Å². The molecule has 4 nitrogen and oxygen atoms in total. The number of ether oxygens (including phenoxy) is 1. The number of aromatic hydroxyl groups is 1. The van der Waals surface area contributed by atoms with Crippen LogP contribution in [0.2, 0.25) is 0 Å². The van der Waals surface area contributed by atoms with Gasteiger partial charge in [-0.3, -0.25) is 4.79 Å². The van der Waals surface area contributed by atoms with Gasteiger partial charge in [-0.1, -0.05) is 12.1 Å². The summed E-state index contributed by atoms with van der Waals surface area (Å²) in [5.74, 6) is -0.621. The minimum absolute atomic E-state index is 0.189. The van der Waals surface area contributed by atoms with Gasteiger partial charge in [0.2, 0.25) is 0 Å². The van der Waals surface area contributed by atoms with Gasteiger partial charge in [-0.2, -0.15) is 0 Å². The van der Waals surface area contributed by atoms with Crippen LogP contribution in [0.3, 0.4) is 0 Å². The van der Waals surface area contributed by atoms with Crippen LogP contribution >= 0.6 is 0 Å². The summed E-state index contributed by atoms with van der Waals surface area (Å²) in [7, 11) is 0. The zero-order valence-corrected chi connectivity index (χ0v) is 9.72. The fourth-order valence-corrected chi connectivity index (χ4v) is 2.35. The molecule has 0 radical (unpaired) electrons. The molecule has 92 valence electrons. The minimum atomic E-state index is -0.836. The number of hydrogen-bond acceptors (Lipinski definition) is 3. The quantitative estimate of drug-likeness (QED) is 0.840. The third-order valence-corrected chi connectivity index (χ3v) is 3.58. The van der Waals surface area contributed by atoms with Crippen LogP contribution in [0.4, 0.5) is 0 Å². The van der Waals surface area contributed by atoms with Crippen molar-refractivity contribution in [3.8, 4) is 5.75 Å². The molecule has 0 bridgehead atoms. The van der Waals surface area contributed by atoms with E-state index in [4.69, 9.17) is 4.74 Å². The van der Waals surface area contributed by atoms with Crippen LogP contribution in [0.1, 0.15) is 18.9 Å². The van der Waals surface area contributed by atoms with Crippen molar-refractivity contribution in [2.24, 2.45) is 5.41 Å². The SMILES string of the molecule is CC1OCCC1(Cc1ccc(O)cc1)C(=O)O. The number of phenolic OH excluding ortho intramolecular Hbond substituents is 1. The van der Waals surface area contributed by atoms with Crippen molar-refractivity contribution in [2.45, 2.75) is 25.9 Å². The summed E-state index contributed by atoms with van der Waals surface area (Å²) in [6, 6.07) is 6.66. The van der Waals surface area contributed by atoms with Crippen LogP contribution in [0, 0.1) is 5.41 Å². The fraction of sp³-hybridized carbons (Fsp3) is 0.462. The highest BCUT2D eigenvalue weighted by Gasteiger charge is 2.48. The van der Waals surface area contributed by atoms with E-state index in [1.165, 1.54) is 0 Å². The smallest absolute Gasteiger partial charge is 0.312 e. The Morgan fingerprint density at radius 3 is 2.59 bits per heavy atom. The van der Waals surface area contributed by atoms with E-state index in [2.05, 4.69) is 0 Å². The molecule has 0 spiro atoms. The molecule has 2 atom stereocenters. The topological polar surface area (TPSA) is 66.8 Å². The molecule has 1 aromatic carbocycles. The first kappa shape index (κ1) is 11.9. The predicted octanol–water partition coefficient (Wildman–Crippen LogP) is 1.81. The van der Waals surface area contributed by atoms with Gasteiger partial charge in [-0.05, 0) is 37.5 Å². The standard InChI is InChI=1S/C13H16O4/c1-9-13(12(15)16,6-7-17-9)8-10-2-4-11(14)5-3-10/h2-5,9,14H,6-8H2,1H3,(H,15,16). The van der Waals surface area contributed by atoms with Gasteiger partial charge in [0, 0.05) is 6.61 Å². The number of rotatable bonds is 3. The van der Waals surface area contributed by atoms with Crippen molar-refractivity contribution in [1.82, 2.24) is 0 Å². The van der Waals surface area contributed by atoms with Crippen LogP contribution in [0.5, 0.6) is 5.75 Å². The second-order valence-electron chi connectivity index (χ2n) is 4.57. The molecule has 17 heavy (non-hydrogen) atoms. The van der Waals surface area contributed by atoms with Crippen LogP contribution in [-0.4, -0.2) is 28.9 Å². The van der Waals surface area contributed by atoms with Crippen molar-refractivity contribution in [3.63, 3.8) is 0 Å². The molecule has 4 heteroatoms. The summed E-state index contributed by atoms with van der Waals surface area (Å²) in [6.45, 7) is 2.30. The van der Waals surface area contributed by atoms with Gasteiger partial charge in [-0.15, -0.1) is 0 Å². The summed E-state index contributed by atoms with van der Waals surface area (Å²) in [6.07, 6.45) is 0.683. The molecule has 2 N–H and O–H groups in total. The van der Waals surface area contributed by atoms with E-state index in [-0.39, 0.29) is 11.9 Å². The minimum Gasteiger partial charge on any atom is -0.508 e. The fourth-order valence-electron chi connectivity index (χ4n) is 2.35. The maximum atomic E-state index is 11.5. The molecule has 0 amide bonds. The Hall–Kier alpha value is -1.55. The molecule has 2 unspecified atom stereocenters. The molecule has 0 aromatic heterocycles. The lowest BCUT2D eigenvalue weighted by Crippen LogP contribution is -2.39. The predicted molar refractivity (Wildman–Crippen MR) is 61.9 cm³/mol. The molecule has 0 aliphatic carbocycles. The Morgan fingerprint density at radius 1 is 1.47 bits per heavy atom. The number of aliphatic carboxylic acids is 1. The highest BCUT2D eigenvalue weighted by atomic mass is 16.5. The van der Waals surface area contributed by atoms with Gasteiger partial charge >= 0.3 is 5.97 Å². The van der Waals surface area contributed by atoms with Crippen molar-refractivity contribution in [2.75, 3.05) is 6.61 Å². The molecule has 1 saturated heterocycles. The molecule has 0 saturated carbocycles. The highest BCUT2D eigenvalue weighted by Crippen LogP contribution is 2.38. The Labute approximate surface area is 99.8 Å². The number of hydrogen-bond donors (Lipinski definition) is 2. The Kier molecular flexibility index (Phi) is 3.07. The van der Waals surface area contributed by atoms with Gasteiger partial charge in [0.1, 0.15) is 5.75 Å². The monoisotopic (exact) mass is 236 g/mol. The van der Waals surface area contributed by atoms with E-state index < -0.39 is 11.4 Å². The average Bonchev–Trinajstić information content (AvgIpc) is 2.65. The molecule has 2 rings (SSSR count). The van der Waals surface area contributed by atoms with E-state index >= 15 is 0 Å². The Bertz CT molecular complexity index is 412. The molecule has 1 aromatic rings. The first-order chi connectivity index (χ1) is 8.04. The van der Waals surface area contributed by atoms with E-state index in [0.29, 0.717) is 19.4 Å². The van der Waals surface area contributed by atoms with Crippen LogP contribution in [0.15, 0.2) is 24.3 Å². The number of carbonyl (C=O) groups is 1. The maximum absolute atomic E-state index is 11.5. The van der Waals surface area contributed by atoms with Crippen molar-refractivity contribution in [1.29, 1.82) is 0 Å². The lowest BCUT2D eigenvalue weighted by molar-refractivity contribution is -0.151. The second kappa shape index (κ2) is 4.37. The first-order valence-electron chi connectivity index (χ1n) is 5.67. The third-order valence-electron chi connectivity index (χ3n) is 3.58. The van der Waals surface area contributed by atoms with Gasteiger partial charge in [0.25, 0.3) is 0 Å². The number of carboxylic acids is 1. The molecule has 1 heterocycles. The van der Waals surface area contributed by atoms with Crippen molar-refractivity contribution in [3.05, 3.63) is 29.8 Å². The maximum Gasteiger partial charge on any atom is 0.312 e. The summed E-state index contributed by atoms with van der Waals surface area (Å²) in [5.41, 5.74) is 0.0688. The van der Waals surface area contributed by atoms with Crippen LogP contribution in [0.25, 0.3) is 0 Å². The van der Waals surface area contributed by atoms with E-state index in [1.54, 1.807) is 24.3 Å². The van der Waals surface area contributed by atoms with Crippen molar-refractivity contribution >= 4 is 5.97 Å². The zero-order valence-electron chi connectivity index (χ0n) is 9.72. The second-order valence-corrected chi connectivity index (χ2v) is 4.57. The van der Waals surface area contributed by atoms with Crippen molar-refractivity contribution < 1.29 is 19.7 Å². The van der Waals surface area contributed by atoms with E-state index in [9.17, 15) is 15.0 Å². The number of benzene rings is 1. The third kappa shape index (κ3) is 2.13. The Balaban J connectivity index is 2.24. The van der Waals surface area contributed by atoms with Gasteiger partial charge in [0.15, 0.2) is 0 Å². The zero-order chi connectivity index (χ0) is 12.5. The summed E-state index contributed by atoms with van der Waals surface area (Å²) in [5, 5.41) is 18.6. The highest BCUT2D eigenvalue weighted by molar-refractivity contribution is 5.76. The molecule has 1 aliphatic rings. The van der Waals surface area contributed by atoms with E-state index in [0.717, 1.165) is 5.56 Å². The van der Waals surface area contributed by atoms with Gasteiger partial charge < -0.3 is 14.9 Å². The average molecular weight is 236 g/mol. The largest absolute Gasteiger partial charge is 0.508 e. The molecular weight excluding hydrogens is 220 g/mol. The first-order valence-corrected chi connectivity index (χ1v) is 5.67. The Morgan fingerprint density at radius 2 is 2.12 bits per heavy atom. The van der Waals surface area contributed by atoms with E-state index in [1.807, 2.05) is 6.92 Å². The van der Waals surface area contributed by atoms with Gasteiger partial charge in [0.05, 0.1) is 11.5 Å². The summed E-state index contributed by atoms with van der Waals surface area (Å²) >= 11 is 0. The molecule has 1 aliphatic heterocycles. The molecular formula is C13H16O4.